The average Bonchev–Trinajstić information content (AvgIpc) is 3.33. The highest BCUT2D eigenvalue weighted by Crippen LogP contribution is 2.57. The molecule has 35 heavy (non-hydrogen) atoms. The molecule has 5 heterocycles. The minimum absolute atomic E-state index is 0.579. The van der Waals surface area contributed by atoms with E-state index in [1.165, 1.54) is 5.57 Å². The Labute approximate surface area is 203 Å². The molecule has 0 aliphatic heterocycles. The van der Waals surface area contributed by atoms with Gasteiger partial charge in [-0.05, 0) is 105 Å². The van der Waals surface area contributed by atoms with E-state index in [0.717, 1.165) is 39.0 Å². The molecule has 1 aliphatic carbocycles. The summed E-state index contributed by atoms with van der Waals surface area (Å²) in [6, 6.07) is 20.8. The van der Waals surface area contributed by atoms with Crippen molar-refractivity contribution >= 4 is 16.7 Å². The zero-order chi connectivity index (χ0) is 23.5. The van der Waals surface area contributed by atoms with Crippen molar-refractivity contribution in [3.05, 3.63) is 157 Å². The van der Waals surface area contributed by atoms with Gasteiger partial charge in [0.1, 0.15) is 0 Å². The summed E-state index contributed by atoms with van der Waals surface area (Å²) in [5.41, 5.74) is 8.43. The third-order valence-electron chi connectivity index (χ3n) is 6.48. The monoisotopic (exact) mass is 451 g/mol. The number of hydrogen-bond acceptors (Lipinski definition) is 5. The molecule has 0 spiro atoms. The number of pyridine rings is 5. The first-order chi connectivity index (χ1) is 17.4. The average molecular weight is 452 g/mol. The lowest BCUT2D eigenvalue weighted by Gasteiger charge is -2.33. The first-order valence-electron chi connectivity index (χ1n) is 11.4. The molecule has 0 bridgehead atoms. The number of aromatic nitrogens is 5. The highest BCUT2D eigenvalue weighted by Gasteiger charge is 2.44. The van der Waals surface area contributed by atoms with E-state index in [1.807, 2.05) is 62.0 Å². The van der Waals surface area contributed by atoms with Crippen LogP contribution in [0.2, 0.25) is 0 Å². The lowest BCUT2D eigenvalue weighted by atomic mass is 9.68. The highest BCUT2D eigenvalue weighted by atomic mass is 14.6. The second-order valence-corrected chi connectivity index (χ2v) is 8.30. The molecular formula is C30H21N5. The maximum absolute atomic E-state index is 4.32. The Morgan fingerprint density at radius 1 is 0.400 bits per heavy atom. The number of hydrogen-bond donors (Lipinski definition) is 0. The van der Waals surface area contributed by atoms with Gasteiger partial charge in [-0.1, -0.05) is 6.08 Å². The molecule has 5 aromatic heterocycles. The lowest BCUT2D eigenvalue weighted by molar-refractivity contribution is 0.844. The minimum Gasteiger partial charge on any atom is -0.265 e. The van der Waals surface area contributed by atoms with Gasteiger partial charge >= 0.3 is 0 Å². The predicted molar refractivity (Wildman–Crippen MR) is 137 cm³/mol. The van der Waals surface area contributed by atoms with Gasteiger partial charge in [0.05, 0.1) is 5.41 Å². The molecule has 0 amide bonds. The predicted octanol–water partition coefficient (Wildman–Crippen LogP) is 5.66. The maximum Gasteiger partial charge on any atom is 0.0655 e. The molecule has 0 fully saturated rings. The van der Waals surface area contributed by atoms with Crippen LogP contribution in [0.3, 0.4) is 0 Å². The van der Waals surface area contributed by atoms with Crippen molar-refractivity contribution < 1.29 is 0 Å². The fourth-order valence-electron chi connectivity index (χ4n) is 5.01. The molecule has 5 nitrogen and oxygen atoms in total. The Morgan fingerprint density at radius 2 is 0.771 bits per heavy atom. The molecule has 166 valence electrons. The summed E-state index contributed by atoms with van der Waals surface area (Å²) in [5, 5.41) is 0. The smallest absolute Gasteiger partial charge is 0.0655 e. The van der Waals surface area contributed by atoms with Crippen molar-refractivity contribution in [1.82, 2.24) is 24.9 Å². The van der Waals surface area contributed by atoms with Gasteiger partial charge in [0.25, 0.3) is 0 Å². The van der Waals surface area contributed by atoms with Crippen molar-refractivity contribution in [2.75, 3.05) is 0 Å². The van der Waals surface area contributed by atoms with Crippen LogP contribution in [0.1, 0.15) is 27.8 Å². The van der Waals surface area contributed by atoms with Crippen LogP contribution in [0.4, 0.5) is 0 Å². The molecule has 0 aromatic carbocycles. The summed E-state index contributed by atoms with van der Waals surface area (Å²) in [5.74, 6) is 0. The summed E-state index contributed by atoms with van der Waals surface area (Å²) in [6.45, 7) is 0. The van der Waals surface area contributed by atoms with Gasteiger partial charge in [-0.2, -0.15) is 0 Å². The number of allylic oxidation sites excluding steroid dienone is 4. The molecule has 6 rings (SSSR count). The SMILES string of the molecule is C1=C(c2ccncc2)C(c2ccncc2)=C(c2ccncc2)C1(c1ccncc1)c1ccncc1. The van der Waals surface area contributed by atoms with Crippen molar-refractivity contribution in [2.45, 2.75) is 5.41 Å². The summed E-state index contributed by atoms with van der Waals surface area (Å²) in [6.07, 6.45) is 20.8. The first kappa shape index (κ1) is 20.8. The van der Waals surface area contributed by atoms with Crippen LogP contribution in [-0.2, 0) is 5.41 Å². The van der Waals surface area contributed by atoms with E-state index in [1.54, 1.807) is 0 Å². The molecule has 5 heteroatoms. The van der Waals surface area contributed by atoms with Crippen LogP contribution >= 0.6 is 0 Å². The molecule has 0 N–H and O–H groups in total. The summed E-state index contributed by atoms with van der Waals surface area (Å²) >= 11 is 0. The van der Waals surface area contributed by atoms with E-state index in [-0.39, 0.29) is 0 Å². The molecule has 0 saturated carbocycles. The van der Waals surface area contributed by atoms with Gasteiger partial charge in [0.2, 0.25) is 0 Å². The quantitative estimate of drug-likeness (QED) is 0.345. The second kappa shape index (κ2) is 8.88. The first-order valence-corrected chi connectivity index (χ1v) is 11.4. The summed E-state index contributed by atoms with van der Waals surface area (Å²) < 4.78 is 0. The maximum atomic E-state index is 4.32. The molecule has 5 aromatic rings. The summed E-state index contributed by atoms with van der Waals surface area (Å²) in [4.78, 5) is 21.5. The number of rotatable bonds is 5. The van der Waals surface area contributed by atoms with E-state index in [9.17, 15) is 0 Å². The van der Waals surface area contributed by atoms with Crippen molar-refractivity contribution in [3.63, 3.8) is 0 Å². The Bertz CT molecular complexity index is 1460. The Morgan fingerprint density at radius 3 is 1.23 bits per heavy atom. The second-order valence-electron chi connectivity index (χ2n) is 8.30. The third-order valence-corrected chi connectivity index (χ3v) is 6.48. The van der Waals surface area contributed by atoms with Crippen LogP contribution in [0.5, 0.6) is 0 Å². The fourth-order valence-corrected chi connectivity index (χ4v) is 5.01. The molecule has 0 atom stereocenters. The van der Waals surface area contributed by atoms with Gasteiger partial charge in [-0.3, -0.25) is 24.9 Å². The van der Waals surface area contributed by atoms with Crippen LogP contribution in [0.15, 0.2) is 129 Å². The van der Waals surface area contributed by atoms with E-state index in [2.05, 4.69) is 91.7 Å². The van der Waals surface area contributed by atoms with Gasteiger partial charge in [0.15, 0.2) is 0 Å². The molecule has 0 saturated heterocycles. The van der Waals surface area contributed by atoms with Crippen molar-refractivity contribution in [3.8, 4) is 0 Å². The Balaban J connectivity index is 1.80. The fraction of sp³-hybridized carbons (Fsp3) is 0.0333. The topological polar surface area (TPSA) is 64.5 Å². The Hall–Kier alpha value is -4.77. The van der Waals surface area contributed by atoms with Gasteiger partial charge in [0, 0.05) is 62.0 Å². The van der Waals surface area contributed by atoms with E-state index < -0.39 is 5.41 Å². The lowest BCUT2D eigenvalue weighted by Crippen LogP contribution is -2.26. The van der Waals surface area contributed by atoms with Crippen molar-refractivity contribution in [1.29, 1.82) is 0 Å². The van der Waals surface area contributed by atoms with Gasteiger partial charge in [-0.15, -0.1) is 0 Å². The molecular weight excluding hydrogens is 430 g/mol. The largest absolute Gasteiger partial charge is 0.265 e. The standard InChI is InChI=1S/C30H21N5/c1-11-31-12-2-22(1)27-21-30(25-7-17-34-18-8-25,26-9-19-35-20-10-26)29(24-5-15-33-16-6-24)28(27)23-3-13-32-14-4-23/h1-21H. The zero-order valence-corrected chi connectivity index (χ0v) is 18.9. The normalized spacial score (nSPS) is 14.6. The summed E-state index contributed by atoms with van der Waals surface area (Å²) in [7, 11) is 0. The van der Waals surface area contributed by atoms with E-state index in [4.69, 9.17) is 0 Å². The molecule has 0 unspecified atom stereocenters. The molecule has 1 aliphatic rings. The van der Waals surface area contributed by atoms with Gasteiger partial charge < -0.3 is 0 Å². The van der Waals surface area contributed by atoms with Crippen molar-refractivity contribution in [2.24, 2.45) is 0 Å². The van der Waals surface area contributed by atoms with Gasteiger partial charge in [-0.25, -0.2) is 0 Å². The van der Waals surface area contributed by atoms with Crippen LogP contribution < -0.4 is 0 Å². The van der Waals surface area contributed by atoms with Crippen LogP contribution in [0.25, 0.3) is 16.7 Å². The van der Waals surface area contributed by atoms with Crippen LogP contribution in [-0.4, -0.2) is 24.9 Å². The zero-order valence-electron chi connectivity index (χ0n) is 18.9. The van der Waals surface area contributed by atoms with Crippen LogP contribution in [0, 0.1) is 0 Å². The Kier molecular flexibility index (Phi) is 5.28. The number of nitrogens with zero attached hydrogens (tertiary/aromatic N) is 5. The molecule has 0 radical (unpaired) electrons. The third kappa shape index (κ3) is 3.54. The van der Waals surface area contributed by atoms with E-state index >= 15 is 0 Å². The highest BCUT2D eigenvalue weighted by molar-refractivity contribution is 6.22. The van der Waals surface area contributed by atoms with E-state index in [0.29, 0.717) is 0 Å². The minimum atomic E-state index is -0.579.